The number of fused-ring (bicyclic) bond motifs is 1. The first kappa shape index (κ1) is 16.8. The Morgan fingerprint density at radius 2 is 1.80 bits per heavy atom. The Morgan fingerprint density at radius 1 is 1.12 bits per heavy atom. The smallest absolute Gasteiger partial charge is 0.336 e. The molecule has 1 N–H and O–H groups in total. The molecule has 3 rings (SSSR count). The van der Waals surface area contributed by atoms with E-state index in [4.69, 9.17) is 9.52 Å². The number of benzene rings is 2. The number of rotatable bonds is 4. The first-order valence-electron chi connectivity index (χ1n) is 7.94. The molecule has 5 heteroatoms. The van der Waals surface area contributed by atoms with E-state index < -0.39 is 11.6 Å². The van der Waals surface area contributed by atoms with E-state index >= 15 is 0 Å². The third kappa shape index (κ3) is 3.26. The quantitative estimate of drug-likeness (QED) is 0.737. The van der Waals surface area contributed by atoms with Gasteiger partial charge in [-0.25, -0.2) is 4.79 Å². The minimum absolute atomic E-state index is 0.133. The lowest BCUT2D eigenvalue weighted by atomic mass is 9.94. The van der Waals surface area contributed by atoms with Crippen LogP contribution >= 0.6 is 0 Å². The summed E-state index contributed by atoms with van der Waals surface area (Å²) in [5, 5.41) is 9.76. The lowest BCUT2D eigenvalue weighted by molar-refractivity contribution is -0.135. The summed E-state index contributed by atoms with van der Waals surface area (Å²) in [5.41, 5.74) is 4.71. The number of likely N-dealkylation sites (N-methyl/N-ethyl adjacent to an activating group) is 1. The molecule has 0 saturated heterocycles. The second-order valence-corrected chi connectivity index (χ2v) is 6.18. The van der Waals surface area contributed by atoms with Crippen LogP contribution in [0.25, 0.3) is 22.1 Å². The molecule has 0 saturated carbocycles. The molecule has 0 spiro atoms. The Morgan fingerprint density at radius 3 is 2.44 bits per heavy atom. The van der Waals surface area contributed by atoms with Crippen molar-refractivity contribution in [3.63, 3.8) is 0 Å². The molecule has 0 atom stereocenters. The number of hydrogen-bond donors (Lipinski definition) is 1. The van der Waals surface area contributed by atoms with E-state index in [1.807, 2.05) is 44.2 Å². The van der Waals surface area contributed by atoms with Crippen LogP contribution in [0.4, 0.5) is 5.69 Å². The Kier molecular flexibility index (Phi) is 4.31. The van der Waals surface area contributed by atoms with Crippen molar-refractivity contribution in [2.75, 3.05) is 18.5 Å². The number of carboxylic acid groups (broad SMARTS) is 1. The van der Waals surface area contributed by atoms with Gasteiger partial charge in [0.25, 0.3) is 0 Å². The molecular weight excluding hydrogens is 318 g/mol. The summed E-state index contributed by atoms with van der Waals surface area (Å²) in [6.07, 6.45) is 0. The first-order chi connectivity index (χ1) is 11.9. The van der Waals surface area contributed by atoms with Crippen molar-refractivity contribution in [3.8, 4) is 11.1 Å². The minimum atomic E-state index is -0.923. The summed E-state index contributed by atoms with van der Waals surface area (Å²) in [6.45, 7) is 3.89. The second kappa shape index (κ2) is 6.43. The maximum Gasteiger partial charge on any atom is 0.336 e. The minimum Gasteiger partial charge on any atom is -0.480 e. The fourth-order valence-corrected chi connectivity index (χ4v) is 3.13. The number of carbonyl (C=O) groups is 1. The fourth-order valence-electron chi connectivity index (χ4n) is 3.13. The van der Waals surface area contributed by atoms with Crippen LogP contribution in [-0.2, 0) is 4.79 Å². The van der Waals surface area contributed by atoms with Gasteiger partial charge in [0.15, 0.2) is 0 Å². The summed E-state index contributed by atoms with van der Waals surface area (Å²) in [5.74, 6) is -0.923. The van der Waals surface area contributed by atoms with Crippen LogP contribution in [0.5, 0.6) is 0 Å². The number of aliphatic carboxylic acids is 1. The summed E-state index contributed by atoms with van der Waals surface area (Å²) >= 11 is 0. The van der Waals surface area contributed by atoms with E-state index in [0.717, 1.165) is 27.6 Å². The Bertz CT molecular complexity index is 1000. The molecule has 1 heterocycles. The van der Waals surface area contributed by atoms with Gasteiger partial charge in [0.1, 0.15) is 12.1 Å². The maximum atomic E-state index is 12.1. The largest absolute Gasteiger partial charge is 0.480 e. The van der Waals surface area contributed by atoms with Crippen LogP contribution in [-0.4, -0.2) is 24.7 Å². The molecule has 5 nitrogen and oxygen atoms in total. The highest BCUT2D eigenvalue weighted by molar-refractivity contribution is 5.96. The number of nitrogens with zero attached hydrogens (tertiary/aromatic N) is 1. The van der Waals surface area contributed by atoms with Crippen LogP contribution in [0, 0.1) is 13.8 Å². The molecular formula is C20H19NO4. The van der Waals surface area contributed by atoms with Gasteiger partial charge in [-0.2, -0.15) is 0 Å². The van der Waals surface area contributed by atoms with Crippen molar-refractivity contribution in [2.45, 2.75) is 13.8 Å². The van der Waals surface area contributed by atoms with Gasteiger partial charge in [-0.05, 0) is 42.7 Å². The fraction of sp³-hybridized carbons (Fsp3) is 0.200. The Hall–Kier alpha value is -3.08. The van der Waals surface area contributed by atoms with Crippen molar-refractivity contribution in [2.24, 2.45) is 0 Å². The van der Waals surface area contributed by atoms with Gasteiger partial charge in [-0.15, -0.1) is 0 Å². The van der Waals surface area contributed by atoms with Gasteiger partial charge >= 0.3 is 11.6 Å². The zero-order valence-electron chi connectivity index (χ0n) is 14.4. The molecule has 0 fully saturated rings. The Balaban J connectivity index is 2.22. The molecule has 0 bridgehead atoms. The molecule has 0 radical (unpaired) electrons. The Labute approximate surface area is 145 Å². The number of hydrogen-bond acceptors (Lipinski definition) is 4. The molecule has 3 aromatic rings. The average molecular weight is 337 g/mol. The molecule has 0 aliphatic heterocycles. The van der Waals surface area contributed by atoms with E-state index in [0.29, 0.717) is 11.3 Å². The molecule has 0 aliphatic carbocycles. The van der Waals surface area contributed by atoms with E-state index in [9.17, 15) is 9.59 Å². The SMILES string of the molecule is Cc1cccc(C)c1-c1cc(=O)oc2cc(N(C)CC(=O)O)ccc12. The van der Waals surface area contributed by atoms with Crippen molar-refractivity contribution < 1.29 is 14.3 Å². The van der Waals surface area contributed by atoms with E-state index in [1.165, 1.54) is 6.07 Å². The summed E-state index contributed by atoms with van der Waals surface area (Å²) in [7, 11) is 1.68. The van der Waals surface area contributed by atoms with Crippen molar-refractivity contribution in [1.82, 2.24) is 0 Å². The van der Waals surface area contributed by atoms with E-state index in [2.05, 4.69) is 0 Å². The second-order valence-electron chi connectivity index (χ2n) is 6.18. The molecule has 25 heavy (non-hydrogen) atoms. The van der Waals surface area contributed by atoms with Gasteiger partial charge < -0.3 is 14.4 Å². The zero-order valence-corrected chi connectivity index (χ0v) is 14.4. The highest BCUT2D eigenvalue weighted by atomic mass is 16.4. The van der Waals surface area contributed by atoms with Crippen LogP contribution in [0.1, 0.15) is 11.1 Å². The van der Waals surface area contributed by atoms with Gasteiger partial charge in [0, 0.05) is 35.8 Å². The molecule has 1 aromatic heterocycles. The number of aryl methyl sites for hydroxylation is 2. The van der Waals surface area contributed by atoms with Crippen molar-refractivity contribution in [1.29, 1.82) is 0 Å². The van der Waals surface area contributed by atoms with Gasteiger partial charge in [-0.1, -0.05) is 18.2 Å². The average Bonchev–Trinajstić information content (AvgIpc) is 2.53. The van der Waals surface area contributed by atoms with Crippen molar-refractivity contribution in [3.05, 3.63) is 64.0 Å². The molecule has 128 valence electrons. The third-order valence-electron chi connectivity index (χ3n) is 4.29. The van der Waals surface area contributed by atoms with Crippen LogP contribution < -0.4 is 10.5 Å². The van der Waals surface area contributed by atoms with Crippen LogP contribution in [0.3, 0.4) is 0 Å². The normalized spacial score (nSPS) is 10.8. The highest BCUT2D eigenvalue weighted by Gasteiger charge is 2.14. The monoisotopic (exact) mass is 337 g/mol. The summed E-state index contributed by atoms with van der Waals surface area (Å²) in [4.78, 5) is 24.6. The maximum absolute atomic E-state index is 12.1. The first-order valence-corrected chi connectivity index (χ1v) is 7.94. The summed E-state index contributed by atoms with van der Waals surface area (Å²) in [6, 6.07) is 12.9. The van der Waals surface area contributed by atoms with Gasteiger partial charge in [0.2, 0.25) is 0 Å². The van der Waals surface area contributed by atoms with Gasteiger partial charge in [-0.3, -0.25) is 4.79 Å². The predicted octanol–water partition coefficient (Wildman–Crippen LogP) is 3.60. The molecule has 0 unspecified atom stereocenters. The summed E-state index contributed by atoms with van der Waals surface area (Å²) < 4.78 is 5.37. The van der Waals surface area contributed by atoms with Crippen LogP contribution in [0.15, 0.2) is 51.7 Å². The molecule has 0 aliphatic rings. The molecule has 0 amide bonds. The van der Waals surface area contributed by atoms with E-state index in [-0.39, 0.29) is 6.54 Å². The number of carboxylic acids is 1. The highest BCUT2D eigenvalue weighted by Crippen LogP contribution is 2.33. The third-order valence-corrected chi connectivity index (χ3v) is 4.29. The lowest BCUT2D eigenvalue weighted by Crippen LogP contribution is -2.24. The topological polar surface area (TPSA) is 70.8 Å². The zero-order chi connectivity index (χ0) is 18.1. The van der Waals surface area contributed by atoms with Crippen LogP contribution in [0.2, 0.25) is 0 Å². The predicted molar refractivity (Wildman–Crippen MR) is 98.3 cm³/mol. The van der Waals surface area contributed by atoms with Gasteiger partial charge in [0.05, 0.1) is 0 Å². The van der Waals surface area contributed by atoms with Crippen molar-refractivity contribution >= 4 is 22.6 Å². The molecule has 2 aromatic carbocycles. The van der Waals surface area contributed by atoms with E-state index in [1.54, 1.807) is 18.0 Å². The lowest BCUT2D eigenvalue weighted by Gasteiger charge is -2.18. The standard InChI is InChI=1S/C20H19NO4/c1-12-5-4-6-13(2)20(12)16-10-19(24)25-17-9-14(7-8-15(16)17)21(3)11-18(22)23/h4-10H,11H2,1-3H3,(H,22,23). The number of anilines is 1.